The predicted molar refractivity (Wildman–Crippen MR) is 105 cm³/mol. The van der Waals surface area contributed by atoms with E-state index in [1.807, 2.05) is 54.3 Å². The van der Waals surface area contributed by atoms with Crippen molar-refractivity contribution in [2.75, 3.05) is 18.4 Å². The summed E-state index contributed by atoms with van der Waals surface area (Å²) in [5.74, 6) is 0.776. The van der Waals surface area contributed by atoms with Gasteiger partial charge in [0.15, 0.2) is 0 Å². The van der Waals surface area contributed by atoms with Gasteiger partial charge in [0.2, 0.25) is 0 Å². The molecule has 1 aromatic carbocycles. The molecule has 0 aliphatic carbocycles. The molecule has 3 aromatic rings. The number of carbonyl (C=O) groups excluding carboxylic acids is 1. The minimum absolute atomic E-state index is 0.0986. The summed E-state index contributed by atoms with van der Waals surface area (Å²) in [4.78, 5) is 18.8. The lowest BCUT2D eigenvalue weighted by molar-refractivity contribution is 0.0600. The van der Waals surface area contributed by atoms with Gasteiger partial charge in [0, 0.05) is 44.9 Å². The maximum Gasteiger partial charge on any atom is 0.321 e. The van der Waals surface area contributed by atoms with Crippen LogP contribution in [0.2, 0.25) is 0 Å². The summed E-state index contributed by atoms with van der Waals surface area (Å²) in [5, 5.41) is 17.8. The Hall–Kier alpha value is -3.13. The average molecular weight is 380 g/mol. The topological polar surface area (TPSA) is 88.2 Å². The number of para-hydroxylation sites is 2. The molecule has 2 amide bonds. The molecule has 0 radical (unpaired) electrons. The molecule has 146 valence electrons. The third-order valence-corrected chi connectivity index (χ3v) is 5.29. The fourth-order valence-corrected chi connectivity index (χ4v) is 3.68. The van der Waals surface area contributed by atoms with E-state index in [-0.39, 0.29) is 11.9 Å². The van der Waals surface area contributed by atoms with E-state index in [0.717, 1.165) is 18.5 Å². The molecule has 1 saturated heterocycles. The van der Waals surface area contributed by atoms with Crippen LogP contribution in [0.25, 0.3) is 5.69 Å². The van der Waals surface area contributed by atoms with Gasteiger partial charge in [0.25, 0.3) is 0 Å². The van der Waals surface area contributed by atoms with Gasteiger partial charge in [-0.05, 0) is 37.0 Å². The van der Waals surface area contributed by atoms with Gasteiger partial charge in [0.1, 0.15) is 11.9 Å². The molecule has 0 spiro atoms. The van der Waals surface area contributed by atoms with Crippen molar-refractivity contribution in [2.24, 2.45) is 13.0 Å². The lowest BCUT2D eigenvalue weighted by Crippen LogP contribution is -2.42. The summed E-state index contributed by atoms with van der Waals surface area (Å²) in [5.41, 5.74) is 1.53. The number of aliphatic hydroxyl groups excluding tert-OH is 1. The van der Waals surface area contributed by atoms with Crippen molar-refractivity contribution in [3.8, 4) is 5.69 Å². The Bertz CT molecular complexity index is 928. The molecule has 2 aromatic heterocycles. The van der Waals surface area contributed by atoms with Crippen LogP contribution in [-0.4, -0.2) is 48.5 Å². The number of hydrogen-bond donors (Lipinski definition) is 2. The van der Waals surface area contributed by atoms with Gasteiger partial charge in [-0.3, -0.25) is 0 Å². The fourth-order valence-electron chi connectivity index (χ4n) is 3.68. The first-order valence-electron chi connectivity index (χ1n) is 9.44. The maximum atomic E-state index is 12.8. The Balaban J connectivity index is 1.38. The van der Waals surface area contributed by atoms with E-state index in [2.05, 4.69) is 15.4 Å². The van der Waals surface area contributed by atoms with E-state index in [1.54, 1.807) is 22.0 Å². The number of piperidine rings is 1. The Labute approximate surface area is 163 Å². The summed E-state index contributed by atoms with van der Waals surface area (Å²) < 4.78 is 3.57. The smallest absolute Gasteiger partial charge is 0.321 e. The van der Waals surface area contributed by atoms with E-state index < -0.39 is 6.10 Å². The number of carbonyl (C=O) groups is 1. The first-order valence-corrected chi connectivity index (χ1v) is 9.44. The number of urea groups is 1. The summed E-state index contributed by atoms with van der Waals surface area (Å²) in [6, 6.07) is 9.29. The zero-order valence-corrected chi connectivity index (χ0v) is 15.8. The normalized spacial score (nSPS) is 16.1. The SMILES string of the molecule is Cn1ccnc1[C@H](O)C1CCN(C(=O)Nc2ccccc2-n2cccn2)CC1. The number of nitrogens with one attached hydrogen (secondary N) is 1. The van der Waals surface area contributed by atoms with Gasteiger partial charge in [0.05, 0.1) is 11.4 Å². The number of aromatic nitrogens is 4. The first kappa shape index (κ1) is 18.2. The van der Waals surface area contributed by atoms with Crippen LogP contribution in [0.15, 0.2) is 55.1 Å². The van der Waals surface area contributed by atoms with Gasteiger partial charge >= 0.3 is 6.03 Å². The molecular weight excluding hydrogens is 356 g/mol. The molecule has 1 atom stereocenters. The standard InChI is InChI=1S/C20H24N6O2/c1-24-14-10-21-19(24)18(27)15-7-12-25(13-8-15)20(28)23-16-5-2-3-6-17(16)26-11-4-9-22-26/h2-6,9-11,14-15,18,27H,7-8,12-13H2,1H3,(H,23,28)/t18-/m1/s1. The highest BCUT2D eigenvalue weighted by molar-refractivity contribution is 5.91. The zero-order chi connectivity index (χ0) is 19.5. The fraction of sp³-hybridized carbons (Fsp3) is 0.350. The van der Waals surface area contributed by atoms with Crippen LogP contribution < -0.4 is 5.32 Å². The second-order valence-electron chi connectivity index (χ2n) is 7.06. The van der Waals surface area contributed by atoms with Crippen molar-refractivity contribution in [3.05, 3.63) is 60.9 Å². The first-order chi connectivity index (χ1) is 13.6. The highest BCUT2D eigenvalue weighted by Gasteiger charge is 2.30. The van der Waals surface area contributed by atoms with Gasteiger partial charge in [-0.2, -0.15) is 5.10 Å². The van der Waals surface area contributed by atoms with Crippen molar-refractivity contribution in [3.63, 3.8) is 0 Å². The monoisotopic (exact) mass is 380 g/mol. The molecule has 3 heterocycles. The van der Waals surface area contributed by atoms with E-state index >= 15 is 0 Å². The molecule has 1 aliphatic rings. The Kier molecular flexibility index (Phi) is 5.12. The molecule has 0 unspecified atom stereocenters. The number of amides is 2. The van der Waals surface area contributed by atoms with Gasteiger partial charge in [-0.25, -0.2) is 14.5 Å². The van der Waals surface area contributed by atoms with Crippen LogP contribution in [0, 0.1) is 5.92 Å². The quantitative estimate of drug-likeness (QED) is 0.728. The second kappa shape index (κ2) is 7.85. The number of rotatable bonds is 4. The molecule has 8 nitrogen and oxygen atoms in total. The largest absolute Gasteiger partial charge is 0.385 e. The highest BCUT2D eigenvalue weighted by atomic mass is 16.3. The van der Waals surface area contributed by atoms with Crippen molar-refractivity contribution in [2.45, 2.75) is 18.9 Å². The average Bonchev–Trinajstić information content (AvgIpc) is 3.40. The third kappa shape index (κ3) is 3.63. The van der Waals surface area contributed by atoms with Gasteiger partial charge in [-0.15, -0.1) is 0 Å². The Morgan fingerprint density at radius 3 is 2.64 bits per heavy atom. The number of benzene rings is 1. The number of aliphatic hydroxyl groups is 1. The number of imidazole rings is 1. The van der Waals surface area contributed by atoms with Gasteiger partial charge < -0.3 is 19.9 Å². The Morgan fingerprint density at radius 2 is 1.96 bits per heavy atom. The van der Waals surface area contributed by atoms with Crippen LogP contribution in [-0.2, 0) is 7.05 Å². The van der Waals surface area contributed by atoms with Gasteiger partial charge in [-0.1, -0.05) is 12.1 Å². The highest BCUT2D eigenvalue weighted by Crippen LogP contribution is 2.30. The summed E-state index contributed by atoms with van der Waals surface area (Å²) in [6.45, 7) is 1.20. The van der Waals surface area contributed by atoms with E-state index in [4.69, 9.17) is 0 Å². The number of hydrogen-bond acceptors (Lipinski definition) is 4. The second-order valence-corrected chi connectivity index (χ2v) is 7.06. The predicted octanol–water partition coefficient (Wildman–Crippen LogP) is 2.58. The number of nitrogens with zero attached hydrogens (tertiary/aromatic N) is 5. The number of anilines is 1. The van der Waals surface area contributed by atoms with Crippen LogP contribution in [0.1, 0.15) is 24.8 Å². The van der Waals surface area contributed by atoms with Crippen LogP contribution in [0.4, 0.5) is 10.5 Å². The molecule has 0 bridgehead atoms. The summed E-state index contributed by atoms with van der Waals surface area (Å²) in [6.07, 6.45) is 7.94. The van der Waals surface area contributed by atoms with Crippen molar-refractivity contribution in [1.82, 2.24) is 24.2 Å². The molecule has 4 rings (SSSR count). The molecular formula is C20H24N6O2. The van der Waals surface area contributed by atoms with E-state index in [1.165, 1.54) is 0 Å². The molecule has 2 N–H and O–H groups in total. The van der Waals surface area contributed by atoms with E-state index in [9.17, 15) is 9.90 Å². The third-order valence-electron chi connectivity index (χ3n) is 5.29. The number of aryl methyl sites for hydroxylation is 1. The van der Waals surface area contributed by atoms with Crippen LogP contribution >= 0.6 is 0 Å². The van der Waals surface area contributed by atoms with Crippen molar-refractivity contribution in [1.29, 1.82) is 0 Å². The van der Waals surface area contributed by atoms with Crippen LogP contribution in [0.3, 0.4) is 0 Å². The number of likely N-dealkylation sites (tertiary alicyclic amines) is 1. The Morgan fingerprint density at radius 1 is 1.18 bits per heavy atom. The molecule has 8 heteroatoms. The molecule has 1 fully saturated rings. The zero-order valence-electron chi connectivity index (χ0n) is 15.8. The summed E-state index contributed by atoms with van der Waals surface area (Å²) in [7, 11) is 1.88. The summed E-state index contributed by atoms with van der Waals surface area (Å²) >= 11 is 0. The minimum Gasteiger partial charge on any atom is -0.385 e. The molecule has 1 aliphatic heterocycles. The van der Waals surface area contributed by atoms with E-state index in [0.29, 0.717) is 24.6 Å². The van der Waals surface area contributed by atoms with Crippen LogP contribution in [0.5, 0.6) is 0 Å². The lowest BCUT2D eigenvalue weighted by Gasteiger charge is -2.34. The maximum absolute atomic E-state index is 12.8. The minimum atomic E-state index is -0.606. The lowest BCUT2D eigenvalue weighted by atomic mass is 9.91. The van der Waals surface area contributed by atoms with Crippen molar-refractivity contribution >= 4 is 11.7 Å². The van der Waals surface area contributed by atoms with Crippen molar-refractivity contribution < 1.29 is 9.90 Å². The molecule has 0 saturated carbocycles. The molecule has 28 heavy (non-hydrogen) atoms.